The van der Waals surface area contributed by atoms with Gasteiger partial charge >= 0.3 is 12.1 Å². The van der Waals surface area contributed by atoms with E-state index >= 15 is 0 Å². The van der Waals surface area contributed by atoms with Crippen LogP contribution in [0.5, 0.6) is 0 Å². The van der Waals surface area contributed by atoms with Crippen molar-refractivity contribution in [2.24, 2.45) is 0 Å². The molecule has 3 nitrogen and oxygen atoms in total. The smallest absolute Gasteiger partial charge is 0.420 e. The van der Waals surface area contributed by atoms with Crippen molar-refractivity contribution < 1.29 is 27.5 Å². The van der Waals surface area contributed by atoms with Gasteiger partial charge in [0.1, 0.15) is 11.3 Å². The molecule has 2 rings (SSSR count). The van der Waals surface area contributed by atoms with Gasteiger partial charge in [-0.2, -0.15) is 13.2 Å². The van der Waals surface area contributed by atoms with Gasteiger partial charge in [-0.25, -0.2) is 4.79 Å². The summed E-state index contributed by atoms with van der Waals surface area (Å²) >= 11 is 5.65. The molecule has 0 aliphatic carbocycles. The molecule has 1 aromatic heterocycles. The first kappa shape index (κ1) is 13.5. The fraction of sp³-hybridized carbons (Fsp3) is 0.0833. The van der Waals surface area contributed by atoms with Crippen molar-refractivity contribution >= 4 is 17.6 Å². The lowest BCUT2D eigenvalue weighted by Gasteiger charge is -2.02. The van der Waals surface area contributed by atoms with Crippen LogP contribution < -0.4 is 0 Å². The zero-order valence-electron chi connectivity index (χ0n) is 9.16. The van der Waals surface area contributed by atoms with E-state index in [0.29, 0.717) is 16.7 Å². The van der Waals surface area contributed by atoms with Crippen LogP contribution in [0.2, 0.25) is 5.02 Å². The van der Waals surface area contributed by atoms with Crippen molar-refractivity contribution in [2.45, 2.75) is 6.18 Å². The summed E-state index contributed by atoms with van der Waals surface area (Å²) in [5.74, 6) is -3.08. The lowest BCUT2D eigenvalue weighted by molar-refractivity contribution is -0.138. The molecule has 0 radical (unpaired) electrons. The number of carbonyl (C=O) groups is 1. The highest BCUT2D eigenvalue weighted by Crippen LogP contribution is 2.37. The van der Waals surface area contributed by atoms with Crippen LogP contribution in [-0.4, -0.2) is 11.1 Å². The van der Waals surface area contributed by atoms with Gasteiger partial charge in [-0.1, -0.05) is 11.6 Å². The quantitative estimate of drug-likeness (QED) is 0.896. The number of furan rings is 1. The molecule has 1 N–H and O–H groups in total. The Morgan fingerprint density at radius 3 is 2.21 bits per heavy atom. The zero-order chi connectivity index (χ0) is 14.2. The lowest BCUT2D eigenvalue weighted by Crippen LogP contribution is -2.09. The number of carboxylic acids is 1. The van der Waals surface area contributed by atoms with Crippen molar-refractivity contribution in [3.05, 3.63) is 46.7 Å². The van der Waals surface area contributed by atoms with Gasteiger partial charge in [0.05, 0.1) is 0 Å². The Morgan fingerprint density at radius 2 is 1.79 bits per heavy atom. The predicted octanol–water partition coefficient (Wildman–Crippen LogP) is 4.32. The number of hydrogen-bond donors (Lipinski definition) is 1. The first-order chi connectivity index (χ1) is 8.79. The summed E-state index contributed by atoms with van der Waals surface area (Å²) in [5.41, 5.74) is -1.01. The maximum absolute atomic E-state index is 12.7. The topological polar surface area (TPSA) is 50.4 Å². The molecule has 0 atom stereocenters. The van der Waals surface area contributed by atoms with Gasteiger partial charge in [-0.05, 0) is 30.3 Å². The minimum atomic E-state index is -4.79. The Labute approximate surface area is 110 Å². The van der Waals surface area contributed by atoms with Crippen molar-refractivity contribution in [1.82, 2.24) is 0 Å². The molecule has 1 aromatic carbocycles. The van der Waals surface area contributed by atoms with Crippen LogP contribution in [0, 0.1) is 0 Å². The highest BCUT2D eigenvalue weighted by atomic mass is 35.5. The van der Waals surface area contributed by atoms with Crippen molar-refractivity contribution in [3.63, 3.8) is 0 Å². The third-order valence-electron chi connectivity index (χ3n) is 2.36. The number of halogens is 4. The summed E-state index contributed by atoms with van der Waals surface area (Å²) in [4.78, 5) is 10.8. The molecule has 1 heterocycles. The van der Waals surface area contributed by atoms with Gasteiger partial charge in [-0.15, -0.1) is 0 Å². The van der Waals surface area contributed by atoms with Crippen LogP contribution >= 0.6 is 11.6 Å². The minimum Gasteiger partial charge on any atom is -0.475 e. The summed E-state index contributed by atoms with van der Waals surface area (Å²) in [6.07, 6.45) is -4.79. The van der Waals surface area contributed by atoms with Gasteiger partial charge < -0.3 is 9.52 Å². The second kappa shape index (κ2) is 4.62. The molecule has 0 saturated carbocycles. The van der Waals surface area contributed by atoms with E-state index in [1.54, 1.807) is 0 Å². The van der Waals surface area contributed by atoms with E-state index in [4.69, 9.17) is 21.1 Å². The highest BCUT2D eigenvalue weighted by Gasteiger charge is 2.39. The zero-order valence-corrected chi connectivity index (χ0v) is 9.92. The van der Waals surface area contributed by atoms with Crippen molar-refractivity contribution in [1.29, 1.82) is 0 Å². The average Bonchev–Trinajstić information content (AvgIpc) is 2.74. The number of carboxylic acid groups (broad SMARTS) is 1. The maximum Gasteiger partial charge on any atom is 0.420 e. The summed E-state index contributed by atoms with van der Waals surface area (Å²) in [6, 6.07) is 6.47. The SMILES string of the molecule is O=C(O)c1oc(-c2ccc(Cl)cc2)cc1C(F)(F)F. The second-order valence-corrected chi connectivity index (χ2v) is 4.10. The van der Waals surface area contributed by atoms with Gasteiger partial charge in [0.15, 0.2) is 0 Å². The third-order valence-corrected chi connectivity index (χ3v) is 2.61. The van der Waals surface area contributed by atoms with Gasteiger partial charge in [0, 0.05) is 10.6 Å². The number of hydrogen-bond acceptors (Lipinski definition) is 2. The molecule has 0 aliphatic rings. The van der Waals surface area contributed by atoms with E-state index in [9.17, 15) is 18.0 Å². The number of alkyl halides is 3. The molecule has 0 spiro atoms. The first-order valence-electron chi connectivity index (χ1n) is 4.99. The summed E-state index contributed by atoms with van der Waals surface area (Å²) < 4.78 is 42.7. The average molecular weight is 291 g/mol. The largest absolute Gasteiger partial charge is 0.475 e. The minimum absolute atomic E-state index is 0.179. The molecule has 0 aliphatic heterocycles. The fourth-order valence-corrected chi connectivity index (χ4v) is 1.64. The molecule has 0 bridgehead atoms. The van der Waals surface area contributed by atoms with Gasteiger partial charge in [-0.3, -0.25) is 0 Å². The molecule has 0 unspecified atom stereocenters. The Balaban J connectivity index is 2.55. The highest BCUT2D eigenvalue weighted by molar-refractivity contribution is 6.30. The van der Waals surface area contributed by atoms with E-state index in [1.807, 2.05) is 0 Å². The molecule has 7 heteroatoms. The van der Waals surface area contributed by atoms with E-state index in [1.165, 1.54) is 24.3 Å². The Bertz CT molecular complexity index is 614. The number of aromatic carboxylic acids is 1. The molecule has 0 fully saturated rings. The van der Waals surface area contributed by atoms with E-state index < -0.39 is 23.5 Å². The van der Waals surface area contributed by atoms with E-state index in [2.05, 4.69) is 0 Å². The van der Waals surface area contributed by atoms with E-state index in [-0.39, 0.29) is 5.76 Å². The van der Waals surface area contributed by atoms with Crippen molar-refractivity contribution in [2.75, 3.05) is 0 Å². The molecular weight excluding hydrogens is 285 g/mol. The Morgan fingerprint density at radius 1 is 1.21 bits per heavy atom. The summed E-state index contributed by atoms with van der Waals surface area (Å²) in [6.45, 7) is 0. The fourth-order valence-electron chi connectivity index (χ4n) is 1.52. The molecule has 0 saturated heterocycles. The van der Waals surface area contributed by atoms with E-state index in [0.717, 1.165) is 0 Å². The monoisotopic (exact) mass is 290 g/mol. The third kappa shape index (κ3) is 2.73. The Hall–Kier alpha value is -1.95. The molecule has 100 valence electrons. The normalized spacial score (nSPS) is 11.6. The Kier molecular flexibility index (Phi) is 3.28. The van der Waals surface area contributed by atoms with Crippen LogP contribution in [0.25, 0.3) is 11.3 Å². The molecular formula is C12H6ClF3O3. The van der Waals surface area contributed by atoms with Crippen LogP contribution in [0.4, 0.5) is 13.2 Å². The molecule has 19 heavy (non-hydrogen) atoms. The van der Waals surface area contributed by atoms with Gasteiger partial charge in [0.25, 0.3) is 0 Å². The number of benzene rings is 1. The van der Waals surface area contributed by atoms with Crippen LogP contribution in [-0.2, 0) is 6.18 Å². The second-order valence-electron chi connectivity index (χ2n) is 3.66. The maximum atomic E-state index is 12.7. The first-order valence-corrected chi connectivity index (χ1v) is 5.37. The number of rotatable bonds is 2. The predicted molar refractivity (Wildman–Crippen MR) is 61.1 cm³/mol. The van der Waals surface area contributed by atoms with Crippen LogP contribution in [0.1, 0.15) is 16.1 Å². The standard InChI is InChI=1S/C12H6ClF3O3/c13-7-3-1-6(2-4-7)9-5-8(12(14,15)16)10(19-9)11(17)18/h1-5H,(H,17,18). The van der Waals surface area contributed by atoms with Crippen LogP contribution in [0.15, 0.2) is 34.7 Å². The molecule has 0 amide bonds. The summed E-state index contributed by atoms with van der Waals surface area (Å²) in [7, 11) is 0. The van der Waals surface area contributed by atoms with Gasteiger partial charge in [0.2, 0.25) is 5.76 Å². The molecule has 2 aromatic rings. The lowest BCUT2D eigenvalue weighted by atomic mass is 10.1. The van der Waals surface area contributed by atoms with Crippen molar-refractivity contribution in [3.8, 4) is 11.3 Å². The van der Waals surface area contributed by atoms with Crippen LogP contribution in [0.3, 0.4) is 0 Å². The summed E-state index contributed by atoms with van der Waals surface area (Å²) in [5, 5.41) is 9.13.